The molecular formula is C23H15Cl3N2O3. The number of carbonyl (C=O) groups excluding carboxylic acids is 1. The number of phenolic OH excluding ortho intramolecular Hbond substituents is 1. The van der Waals surface area contributed by atoms with Crippen molar-refractivity contribution in [2.75, 3.05) is 5.32 Å². The highest BCUT2D eigenvalue weighted by atomic mass is 35.5. The number of nitrogens with one attached hydrogen (secondary N) is 1. The number of amides is 1. The third-order valence-corrected chi connectivity index (χ3v) is 4.83. The molecule has 0 spiro atoms. The van der Waals surface area contributed by atoms with Gasteiger partial charge in [0.25, 0.3) is 5.91 Å². The van der Waals surface area contributed by atoms with Gasteiger partial charge in [0.05, 0.1) is 5.02 Å². The zero-order valence-electron chi connectivity index (χ0n) is 15.9. The van der Waals surface area contributed by atoms with Crippen molar-refractivity contribution >= 4 is 52.5 Å². The van der Waals surface area contributed by atoms with Gasteiger partial charge in [0.2, 0.25) is 0 Å². The molecule has 1 amide bonds. The van der Waals surface area contributed by atoms with Crippen molar-refractivity contribution in [3.05, 3.63) is 92.4 Å². The minimum atomic E-state index is -0.634. The summed E-state index contributed by atoms with van der Waals surface area (Å²) in [6.45, 7) is 0.171. The maximum absolute atomic E-state index is 12.5. The Hall–Kier alpha value is -3.17. The Morgan fingerprint density at radius 1 is 1.06 bits per heavy atom. The maximum Gasteiger partial charge on any atom is 0.266 e. The van der Waals surface area contributed by atoms with Gasteiger partial charge < -0.3 is 15.2 Å². The summed E-state index contributed by atoms with van der Waals surface area (Å²) in [5, 5.41) is 22.6. The number of carbonyl (C=O) groups is 1. The number of aromatic hydroxyl groups is 1. The first-order valence-electron chi connectivity index (χ1n) is 8.94. The molecular weight excluding hydrogens is 459 g/mol. The minimum absolute atomic E-state index is 0.0594. The van der Waals surface area contributed by atoms with Crippen LogP contribution in [0.1, 0.15) is 11.1 Å². The monoisotopic (exact) mass is 472 g/mol. The van der Waals surface area contributed by atoms with Crippen LogP contribution in [0.2, 0.25) is 15.1 Å². The predicted octanol–water partition coefficient (Wildman–Crippen LogP) is 6.48. The highest BCUT2D eigenvalue weighted by Crippen LogP contribution is 2.34. The van der Waals surface area contributed by atoms with Crippen molar-refractivity contribution in [1.82, 2.24) is 0 Å². The van der Waals surface area contributed by atoms with Crippen LogP contribution in [0, 0.1) is 11.3 Å². The summed E-state index contributed by atoms with van der Waals surface area (Å²) in [7, 11) is 0. The van der Waals surface area contributed by atoms with E-state index in [4.69, 9.17) is 39.5 Å². The summed E-state index contributed by atoms with van der Waals surface area (Å²) in [5.41, 5.74) is 1.43. The second kappa shape index (κ2) is 10.2. The average molecular weight is 474 g/mol. The maximum atomic E-state index is 12.5. The Balaban J connectivity index is 1.88. The molecule has 2 N–H and O–H groups in total. The average Bonchev–Trinajstić information content (AvgIpc) is 2.72. The Morgan fingerprint density at radius 3 is 2.48 bits per heavy atom. The van der Waals surface area contributed by atoms with Crippen LogP contribution in [0.25, 0.3) is 6.08 Å². The molecule has 8 heteroatoms. The number of phenols is 1. The van der Waals surface area contributed by atoms with E-state index >= 15 is 0 Å². The predicted molar refractivity (Wildman–Crippen MR) is 123 cm³/mol. The lowest BCUT2D eigenvalue weighted by Crippen LogP contribution is -2.13. The van der Waals surface area contributed by atoms with E-state index in [1.165, 1.54) is 36.4 Å². The van der Waals surface area contributed by atoms with Gasteiger partial charge >= 0.3 is 0 Å². The molecule has 0 aliphatic carbocycles. The molecule has 0 aliphatic heterocycles. The van der Waals surface area contributed by atoms with Crippen LogP contribution in [-0.2, 0) is 11.4 Å². The molecule has 3 aromatic carbocycles. The fourth-order valence-corrected chi connectivity index (χ4v) is 3.45. The van der Waals surface area contributed by atoms with Gasteiger partial charge in [0, 0.05) is 21.3 Å². The van der Waals surface area contributed by atoms with Crippen LogP contribution in [0.5, 0.6) is 11.5 Å². The number of nitrogens with zero attached hydrogens (tertiary/aromatic N) is 1. The number of rotatable bonds is 6. The normalized spacial score (nSPS) is 11.0. The molecule has 0 saturated heterocycles. The van der Waals surface area contributed by atoms with E-state index in [1.807, 2.05) is 12.1 Å². The molecule has 0 aliphatic rings. The molecule has 156 valence electrons. The van der Waals surface area contributed by atoms with E-state index < -0.39 is 5.91 Å². The topological polar surface area (TPSA) is 82.3 Å². The van der Waals surface area contributed by atoms with E-state index in [9.17, 15) is 15.2 Å². The molecule has 0 saturated carbocycles. The van der Waals surface area contributed by atoms with Gasteiger partial charge in [-0.15, -0.1) is 0 Å². The van der Waals surface area contributed by atoms with Crippen molar-refractivity contribution < 1.29 is 14.6 Å². The summed E-state index contributed by atoms with van der Waals surface area (Å²) >= 11 is 18.4. The number of hydrogen-bond donors (Lipinski definition) is 2. The molecule has 0 aromatic heterocycles. The number of benzene rings is 3. The van der Waals surface area contributed by atoms with Crippen molar-refractivity contribution in [3.8, 4) is 17.6 Å². The summed E-state index contributed by atoms with van der Waals surface area (Å²) in [6.07, 6.45) is 1.35. The molecule has 31 heavy (non-hydrogen) atoms. The number of anilines is 1. The summed E-state index contributed by atoms with van der Waals surface area (Å²) in [5.74, 6) is -0.301. The van der Waals surface area contributed by atoms with E-state index in [0.29, 0.717) is 21.3 Å². The third kappa shape index (κ3) is 6.16. The summed E-state index contributed by atoms with van der Waals surface area (Å²) in [6, 6.07) is 17.9. The van der Waals surface area contributed by atoms with E-state index in [0.717, 1.165) is 5.56 Å². The molecule has 0 fully saturated rings. The smallest absolute Gasteiger partial charge is 0.266 e. The zero-order chi connectivity index (χ0) is 22.4. The first-order valence-corrected chi connectivity index (χ1v) is 10.1. The second-order valence-corrected chi connectivity index (χ2v) is 7.68. The summed E-state index contributed by atoms with van der Waals surface area (Å²) in [4.78, 5) is 12.5. The lowest BCUT2D eigenvalue weighted by molar-refractivity contribution is -0.112. The number of ether oxygens (including phenoxy) is 1. The second-order valence-electron chi connectivity index (χ2n) is 6.40. The molecule has 0 bridgehead atoms. The van der Waals surface area contributed by atoms with Crippen LogP contribution in [0.15, 0.2) is 66.2 Å². The lowest BCUT2D eigenvalue weighted by Gasteiger charge is -2.13. The number of halogens is 3. The Kier molecular flexibility index (Phi) is 7.43. The van der Waals surface area contributed by atoms with E-state index in [-0.39, 0.29) is 28.7 Å². The van der Waals surface area contributed by atoms with Gasteiger partial charge in [-0.05, 0) is 60.2 Å². The fraction of sp³-hybridized carbons (Fsp3) is 0.0435. The minimum Gasteiger partial charge on any atom is -0.508 e. The standard InChI is InChI=1S/C23H15Cl3N2O3/c24-17-3-1-2-14(8-17)13-31-22-15(10-18(25)11-21(22)26)9-16(12-27)23(30)28-19-4-6-20(29)7-5-19/h1-11,29H,13H2,(H,28,30)/b16-9+. The molecule has 0 unspecified atom stereocenters. The molecule has 3 aromatic rings. The van der Waals surface area contributed by atoms with Crippen LogP contribution >= 0.6 is 34.8 Å². The Bertz CT molecular complexity index is 1190. The van der Waals surface area contributed by atoms with Crippen molar-refractivity contribution in [2.24, 2.45) is 0 Å². The van der Waals surface area contributed by atoms with Gasteiger partial charge in [-0.2, -0.15) is 5.26 Å². The van der Waals surface area contributed by atoms with Gasteiger partial charge in [0.15, 0.2) is 0 Å². The first-order chi connectivity index (χ1) is 14.9. The van der Waals surface area contributed by atoms with Crippen molar-refractivity contribution in [2.45, 2.75) is 6.61 Å². The van der Waals surface area contributed by atoms with Crippen LogP contribution in [0.3, 0.4) is 0 Å². The molecule has 0 heterocycles. The van der Waals surface area contributed by atoms with Gasteiger partial charge in [-0.25, -0.2) is 0 Å². The molecule has 5 nitrogen and oxygen atoms in total. The fourth-order valence-electron chi connectivity index (χ4n) is 2.67. The number of hydrogen-bond acceptors (Lipinski definition) is 4. The van der Waals surface area contributed by atoms with E-state index in [1.54, 1.807) is 24.3 Å². The lowest BCUT2D eigenvalue weighted by atomic mass is 10.1. The Morgan fingerprint density at radius 2 is 1.81 bits per heavy atom. The van der Waals surface area contributed by atoms with E-state index in [2.05, 4.69) is 5.32 Å². The quantitative estimate of drug-likeness (QED) is 0.244. The first kappa shape index (κ1) is 22.5. The van der Waals surface area contributed by atoms with Crippen molar-refractivity contribution in [1.29, 1.82) is 5.26 Å². The molecule has 0 radical (unpaired) electrons. The molecule has 0 atom stereocenters. The Labute approximate surface area is 194 Å². The third-order valence-electron chi connectivity index (χ3n) is 4.10. The number of nitriles is 1. The van der Waals surface area contributed by atoms with Crippen LogP contribution in [0.4, 0.5) is 5.69 Å². The largest absolute Gasteiger partial charge is 0.508 e. The molecule has 3 rings (SSSR count). The highest BCUT2D eigenvalue weighted by molar-refractivity contribution is 6.36. The highest BCUT2D eigenvalue weighted by Gasteiger charge is 2.15. The van der Waals surface area contributed by atoms with Crippen LogP contribution in [-0.4, -0.2) is 11.0 Å². The van der Waals surface area contributed by atoms with Gasteiger partial charge in [-0.3, -0.25) is 4.79 Å². The van der Waals surface area contributed by atoms with Crippen LogP contribution < -0.4 is 10.1 Å². The van der Waals surface area contributed by atoms with Gasteiger partial charge in [-0.1, -0.05) is 46.9 Å². The zero-order valence-corrected chi connectivity index (χ0v) is 18.2. The van der Waals surface area contributed by atoms with Gasteiger partial charge in [0.1, 0.15) is 29.7 Å². The SMILES string of the molecule is N#C/C(=C\c1cc(Cl)cc(Cl)c1OCc1cccc(Cl)c1)C(=O)Nc1ccc(O)cc1. The van der Waals surface area contributed by atoms with Crippen molar-refractivity contribution in [3.63, 3.8) is 0 Å². The summed E-state index contributed by atoms with van der Waals surface area (Å²) < 4.78 is 5.86.